The monoisotopic (exact) mass is 312 g/mol. The number of hydrogen-bond donors (Lipinski definition) is 0. The highest BCUT2D eigenvalue weighted by atomic mass is 16.5. The lowest BCUT2D eigenvalue weighted by Gasteiger charge is -2.14. The van der Waals surface area contributed by atoms with Crippen LogP contribution >= 0.6 is 0 Å². The van der Waals surface area contributed by atoms with E-state index >= 15 is 0 Å². The van der Waals surface area contributed by atoms with Crippen LogP contribution in [0.25, 0.3) is 0 Å². The number of benzene rings is 2. The Morgan fingerprint density at radius 1 is 0.913 bits per heavy atom. The van der Waals surface area contributed by atoms with Gasteiger partial charge < -0.3 is 9.47 Å². The van der Waals surface area contributed by atoms with E-state index in [0.717, 1.165) is 11.1 Å². The van der Waals surface area contributed by atoms with Crippen molar-refractivity contribution in [2.24, 2.45) is 0 Å². The summed E-state index contributed by atoms with van der Waals surface area (Å²) in [5.41, 5.74) is 3.29. The quantitative estimate of drug-likeness (QED) is 0.623. The molecule has 0 unspecified atom stereocenters. The SMILES string of the molecule is COC(=O)c1ccc(O[C@H](C)C(=O)c2ccc(C)c(C)c2)cc1. The Morgan fingerprint density at radius 2 is 1.52 bits per heavy atom. The van der Waals surface area contributed by atoms with Gasteiger partial charge in [-0.1, -0.05) is 12.1 Å². The smallest absolute Gasteiger partial charge is 0.337 e. The topological polar surface area (TPSA) is 52.6 Å². The molecule has 120 valence electrons. The Morgan fingerprint density at radius 3 is 2.09 bits per heavy atom. The molecule has 4 heteroatoms. The van der Waals surface area contributed by atoms with Gasteiger partial charge in [-0.15, -0.1) is 0 Å². The lowest BCUT2D eigenvalue weighted by Crippen LogP contribution is -2.24. The molecule has 0 saturated carbocycles. The summed E-state index contributed by atoms with van der Waals surface area (Å²) < 4.78 is 10.3. The van der Waals surface area contributed by atoms with Crippen molar-refractivity contribution in [3.8, 4) is 5.75 Å². The zero-order valence-electron chi connectivity index (χ0n) is 13.8. The van der Waals surface area contributed by atoms with Gasteiger partial charge in [0.05, 0.1) is 12.7 Å². The van der Waals surface area contributed by atoms with E-state index in [1.54, 1.807) is 31.2 Å². The van der Waals surface area contributed by atoms with Crippen molar-refractivity contribution in [1.82, 2.24) is 0 Å². The second kappa shape index (κ2) is 7.09. The summed E-state index contributed by atoms with van der Waals surface area (Å²) >= 11 is 0. The predicted octanol–water partition coefficient (Wildman–Crippen LogP) is 3.74. The molecule has 2 rings (SSSR count). The molecule has 0 heterocycles. The fraction of sp³-hybridized carbons (Fsp3) is 0.263. The minimum atomic E-state index is -0.610. The fourth-order valence-corrected chi connectivity index (χ4v) is 2.17. The third-order valence-electron chi connectivity index (χ3n) is 3.75. The van der Waals surface area contributed by atoms with Crippen molar-refractivity contribution in [2.45, 2.75) is 26.9 Å². The Balaban J connectivity index is 2.08. The van der Waals surface area contributed by atoms with E-state index in [4.69, 9.17) is 4.74 Å². The largest absolute Gasteiger partial charge is 0.483 e. The molecule has 0 fully saturated rings. The number of ketones is 1. The number of Topliss-reactive ketones (excluding diaryl/α,β-unsaturated/α-hetero) is 1. The third kappa shape index (κ3) is 3.97. The molecule has 2 aromatic rings. The number of carbonyl (C=O) groups excluding carboxylic acids is 2. The molecule has 0 radical (unpaired) electrons. The number of rotatable bonds is 5. The van der Waals surface area contributed by atoms with Gasteiger partial charge in [0.15, 0.2) is 6.10 Å². The first-order valence-corrected chi connectivity index (χ1v) is 7.39. The summed E-state index contributed by atoms with van der Waals surface area (Å²) in [5, 5.41) is 0. The maximum absolute atomic E-state index is 12.4. The molecule has 0 aliphatic heterocycles. The lowest BCUT2D eigenvalue weighted by atomic mass is 10.0. The van der Waals surface area contributed by atoms with Gasteiger partial charge in [0.1, 0.15) is 5.75 Å². The summed E-state index contributed by atoms with van der Waals surface area (Å²) in [6.07, 6.45) is -0.610. The highest BCUT2D eigenvalue weighted by Crippen LogP contribution is 2.17. The van der Waals surface area contributed by atoms with Crippen LogP contribution < -0.4 is 4.74 Å². The summed E-state index contributed by atoms with van der Waals surface area (Å²) in [7, 11) is 1.33. The molecule has 0 aliphatic rings. The minimum Gasteiger partial charge on any atom is -0.483 e. The van der Waals surface area contributed by atoms with E-state index in [9.17, 15) is 9.59 Å². The molecule has 4 nitrogen and oxygen atoms in total. The average Bonchev–Trinajstić information content (AvgIpc) is 2.56. The number of hydrogen-bond acceptors (Lipinski definition) is 4. The van der Waals surface area contributed by atoms with E-state index in [-0.39, 0.29) is 5.78 Å². The third-order valence-corrected chi connectivity index (χ3v) is 3.75. The Kier molecular flexibility index (Phi) is 5.16. The number of carbonyl (C=O) groups is 2. The molecule has 2 aromatic carbocycles. The first kappa shape index (κ1) is 16.7. The molecule has 1 atom stereocenters. The van der Waals surface area contributed by atoms with Gasteiger partial charge in [0.25, 0.3) is 0 Å². The van der Waals surface area contributed by atoms with Gasteiger partial charge in [0.2, 0.25) is 5.78 Å². The summed E-state index contributed by atoms with van der Waals surface area (Å²) in [4.78, 5) is 23.8. The number of ether oxygens (including phenoxy) is 2. The van der Waals surface area contributed by atoms with Crippen molar-refractivity contribution in [1.29, 1.82) is 0 Å². The maximum Gasteiger partial charge on any atom is 0.337 e. The minimum absolute atomic E-state index is 0.0786. The van der Waals surface area contributed by atoms with Crippen molar-refractivity contribution >= 4 is 11.8 Å². The normalized spacial score (nSPS) is 11.7. The molecule has 0 N–H and O–H groups in total. The molecule has 23 heavy (non-hydrogen) atoms. The van der Waals surface area contributed by atoms with Crippen LogP contribution in [0, 0.1) is 13.8 Å². The van der Waals surface area contributed by atoms with Gasteiger partial charge in [-0.25, -0.2) is 4.79 Å². The molecule has 0 bridgehead atoms. The lowest BCUT2D eigenvalue weighted by molar-refractivity contribution is 0.0600. The van der Waals surface area contributed by atoms with Crippen molar-refractivity contribution in [2.75, 3.05) is 7.11 Å². The van der Waals surface area contributed by atoms with Gasteiger partial charge in [-0.2, -0.15) is 0 Å². The van der Waals surface area contributed by atoms with Crippen LogP contribution in [0.3, 0.4) is 0 Å². The summed E-state index contributed by atoms with van der Waals surface area (Å²) in [5.74, 6) is 0.0447. The van der Waals surface area contributed by atoms with Crippen molar-refractivity contribution in [3.63, 3.8) is 0 Å². The van der Waals surface area contributed by atoms with E-state index in [1.165, 1.54) is 7.11 Å². The van der Waals surface area contributed by atoms with Gasteiger partial charge in [0, 0.05) is 5.56 Å². The van der Waals surface area contributed by atoms with Crippen LogP contribution in [0.15, 0.2) is 42.5 Å². The Bertz CT molecular complexity index is 717. The fourth-order valence-electron chi connectivity index (χ4n) is 2.17. The highest BCUT2D eigenvalue weighted by molar-refractivity contribution is 5.99. The van der Waals surface area contributed by atoms with E-state index < -0.39 is 12.1 Å². The molecular weight excluding hydrogens is 292 g/mol. The van der Waals surface area contributed by atoms with Crippen molar-refractivity contribution < 1.29 is 19.1 Å². The molecular formula is C19H20O4. The molecule has 0 aromatic heterocycles. The molecule has 0 saturated heterocycles. The van der Waals surface area contributed by atoms with Crippen LogP contribution in [0.1, 0.15) is 38.8 Å². The average molecular weight is 312 g/mol. The standard InChI is InChI=1S/C19H20O4/c1-12-5-6-16(11-13(12)2)18(20)14(3)23-17-9-7-15(8-10-17)19(21)22-4/h5-11,14H,1-4H3/t14-/m1/s1. The molecule has 0 aliphatic carbocycles. The number of aryl methyl sites for hydroxylation is 2. The Labute approximate surface area is 136 Å². The van der Waals surface area contributed by atoms with E-state index in [2.05, 4.69) is 4.74 Å². The van der Waals surface area contributed by atoms with Gasteiger partial charge in [-0.3, -0.25) is 4.79 Å². The predicted molar refractivity (Wildman–Crippen MR) is 88.1 cm³/mol. The molecule has 0 spiro atoms. The van der Waals surface area contributed by atoms with Gasteiger partial charge >= 0.3 is 5.97 Å². The zero-order valence-corrected chi connectivity index (χ0v) is 13.8. The van der Waals surface area contributed by atoms with E-state index in [0.29, 0.717) is 16.9 Å². The van der Waals surface area contributed by atoms with E-state index in [1.807, 2.05) is 32.0 Å². The summed E-state index contributed by atoms with van der Waals surface area (Å²) in [6.45, 7) is 5.70. The number of esters is 1. The Hall–Kier alpha value is -2.62. The number of methoxy groups -OCH3 is 1. The molecule has 0 amide bonds. The van der Waals surface area contributed by atoms with Crippen molar-refractivity contribution in [3.05, 3.63) is 64.7 Å². The zero-order chi connectivity index (χ0) is 17.0. The maximum atomic E-state index is 12.4. The second-order valence-electron chi connectivity index (χ2n) is 5.44. The summed E-state index contributed by atoms with van der Waals surface area (Å²) in [6, 6.07) is 12.1. The second-order valence-corrected chi connectivity index (χ2v) is 5.44. The van der Waals surface area contributed by atoms with Gasteiger partial charge in [-0.05, 0) is 62.2 Å². The van der Waals surface area contributed by atoms with Crippen LogP contribution in [-0.4, -0.2) is 25.0 Å². The van der Waals surface area contributed by atoms with Crippen LogP contribution in [0.5, 0.6) is 5.75 Å². The van der Waals surface area contributed by atoms with Crippen LogP contribution in [0.2, 0.25) is 0 Å². The first-order chi connectivity index (χ1) is 10.9. The van der Waals surface area contributed by atoms with Crippen LogP contribution in [-0.2, 0) is 4.74 Å². The highest BCUT2D eigenvalue weighted by Gasteiger charge is 2.17. The first-order valence-electron chi connectivity index (χ1n) is 7.39. The van der Waals surface area contributed by atoms with Crippen LogP contribution in [0.4, 0.5) is 0 Å².